The molecular formula is C23H19BrN2O4S. The fraction of sp³-hybridized carbons (Fsp3) is 0.0870. The first-order chi connectivity index (χ1) is 15.0. The summed E-state index contributed by atoms with van der Waals surface area (Å²) in [5.74, 6) is 0.890. The number of aromatic nitrogens is 1. The van der Waals surface area contributed by atoms with Crippen LogP contribution < -0.4 is 10.1 Å². The fourth-order valence-corrected chi connectivity index (χ4v) is 4.53. The highest BCUT2D eigenvalue weighted by Crippen LogP contribution is 2.34. The third kappa shape index (κ3) is 4.65. The topological polar surface area (TPSA) is 81.4 Å². The second kappa shape index (κ2) is 8.95. The Kier molecular flexibility index (Phi) is 6.11. The first-order valence-electron chi connectivity index (χ1n) is 9.41. The van der Waals surface area contributed by atoms with Crippen LogP contribution in [0.4, 0.5) is 5.88 Å². The second-order valence-corrected chi connectivity index (χ2v) is 9.46. The minimum absolute atomic E-state index is 0.0876. The van der Waals surface area contributed by atoms with E-state index in [1.807, 2.05) is 30.3 Å². The van der Waals surface area contributed by atoms with E-state index >= 15 is 0 Å². The lowest BCUT2D eigenvalue weighted by molar-refractivity contribution is 0.415. The van der Waals surface area contributed by atoms with E-state index in [2.05, 4.69) is 26.2 Å². The molecule has 0 saturated heterocycles. The van der Waals surface area contributed by atoms with Crippen molar-refractivity contribution in [2.24, 2.45) is 0 Å². The predicted octanol–water partition coefficient (Wildman–Crippen LogP) is 5.56. The van der Waals surface area contributed by atoms with Crippen LogP contribution in [0, 0.1) is 0 Å². The van der Waals surface area contributed by atoms with Gasteiger partial charge in [-0.3, -0.25) is 0 Å². The molecule has 0 bridgehead atoms. The molecule has 4 aromatic rings. The van der Waals surface area contributed by atoms with Crippen molar-refractivity contribution in [3.05, 3.63) is 88.9 Å². The number of rotatable bonds is 7. The Hall–Kier alpha value is -3.10. The first-order valence-corrected chi connectivity index (χ1v) is 11.7. The Balaban J connectivity index is 1.77. The maximum absolute atomic E-state index is 13.3. The van der Waals surface area contributed by atoms with E-state index in [0.717, 1.165) is 10.0 Å². The summed E-state index contributed by atoms with van der Waals surface area (Å²) in [5, 5.41) is 2.92. The molecular weight excluding hydrogens is 480 g/mol. The molecule has 3 aromatic carbocycles. The van der Waals surface area contributed by atoms with Crippen LogP contribution in [-0.2, 0) is 16.4 Å². The average Bonchev–Trinajstić information content (AvgIpc) is 3.24. The summed E-state index contributed by atoms with van der Waals surface area (Å²) in [6.07, 6.45) is 0. The standard InChI is InChI=1S/C23H19BrN2O4S/c1-29-19-9-5-8-17(14-19)21-26-23(31(27,28)20-12-10-18(24)11-13-20)22(30-21)25-15-16-6-3-2-4-7-16/h2-14,25H,15H2,1H3. The fourth-order valence-electron chi connectivity index (χ4n) is 2.98. The molecule has 31 heavy (non-hydrogen) atoms. The smallest absolute Gasteiger partial charge is 0.234 e. The molecule has 0 unspecified atom stereocenters. The van der Waals surface area contributed by atoms with Gasteiger partial charge in [-0.1, -0.05) is 52.3 Å². The lowest BCUT2D eigenvalue weighted by Crippen LogP contribution is -2.07. The van der Waals surface area contributed by atoms with Crippen molar-refractivity contribution in [1.82, 2.24) is 4.98 Å². The van der Waals surface area contributed by atoms with Gasteiger partial charge in [0, 0.05) is 16.6 Å². The quantitative estimate of drug-likeness (QED) is 0.359. The highest BCUT2D eigenvalue weighted by atomic mass is 79.9. The molecule has 0 aliphatic carbocycles. The molecule has 0 aliphatic rings. The van der Waals surface area contributed by atoms with Crippen LogP contribution in [0.1, 0.15) is 5.56 Å². The summed E-state index contributed by atoms with van der Waals surface area (Å²) in [6, 6.07) is 23.1. The van der Waals surface area contributed by atoms with Crippen LogP contribution in [0.25, 0.3) is 11.5 Å². The predicted molar refractivity (Wildman–Crippen MR) is 122 cm³/mol. The number of benzene rings is 3. The van der Waals surface area contributed by atoms with E-state index in [9.17, 15) is 8.42 Å². The molecule has 0 saturated carbocycles. The van der Waals surface area contributed by atoms with E-state index in [4.69, 9.17) is 9.15 Å². The first kappa shape index (κ1) is 21.1. The van der Waals surface area contributed by atoms with Crippen LogP contribution in [0.15, 0.2) is 97.7 Å². The number of sulfone groups is 1. The maximum Gasteiger partial charge on any atom is 0.234 e. The zero-order valence-electron chi connectivity index (χ0n) is 16.6. The highest BCUT2D eigenvalue weighted by molar-refractivity contribution is 9.10. The molecule has 1 N–H and O–H groups in total. The van der Waals surface area contributed by atoms with Gasteiger partial charge in [0.15, 0.2) is 0 Å². The van der Waals surface area contributed by atoms with Crippen molar-refractivity contribution in [2.75, 3.05) is 12.4 Å². The summed E-state index contributed by atoms with van der Waals surface area (Å²) in [7, 11) is -2.35. The second-order valence-electron chi connectivity index (χ2n) is 6.68. The molecule has 0 atom stereocenters. The van der Waals surface area contributed by atoms with Gasteiger partial charge in [0.05, 0.1) is 12.0 Å². The van der Waals surface area contributed by atoms with Gasteiger partial charge in [-0.2, -0.15) is 4.98 Å². The van der Waals surface area contributed by atoms with Crippen LogP contribution in [0.2, 0.25) is 0 Å². The summed E-state index contributed by atoms with van der Waals surface area (Å²) < 4.78 is 38.6. The Morgan fingerprint density at radius 3 is 2.45 bits per heavy atom. The number of nitrogens with one attached hydrogen (secondary N) is 1. The number of methoxy groups -OCH3 is 1. The van der Waals surface area contributed by atoms with E-state index in [-0.39, 0.29) is 21.7 Å². The molecule has 0 aliphatic heterocycles. The third-order valence-corrected chi connectivity index (χ3v) is 6.79. The van der Waals surface area contributed by atoms with Crippen molar-refractivity contribution in [3.8, 4) is 17.2 Å². The third-order valence-electron chi connectivity index (χ3n) is 4.59. The molecule has 0 amide bonds. The Morgan fingerprint density at radius 1 is 1.00 bits per heavy atom. The SMILES string of the molecule is COc1cccc(-c2nc(S(=O)(=O)c3ccc(Br)cc3)c(NCc3ccccc3)o2)c1. The number of nitrogens with zero attached hydrogens (tertiary/aromatic N) is 1. The Bertz CT molecular complexity index is 1290. The van der Waals surface area contributed by atoms with E-state index < -0.39 is 9.84 Å². The number of ether oxygens (including phenoxy) is 1. The highest BCUT2D eigenvalue weighted by Gasteiger charge is 2.28. The summed E-state index contributed by atoms with van der Waals surface area (Å²) >= 11 is 3.33. The number of anilines is 1. The van der Waals surface area contributed by atoms with Gasteiger partial charge in [-0.15, -0.1) is 0 Å². The van der Waals surface area contributed by atoms with Crippen molar-refractivity contribution in [2.45, 2.75) is 16.5 Å². The van der Waals surface area contributed by atoms with Gasteiger partial charge in [0.1, 0.15) is 5.75 Å². The van der Waals surface area contributed by atoms with E-state index in [1.54, 1.807) is 43.5 Å². The lowest BCUT2D eigenvalue weighted by atomic mass is 10.2. The minimum atomic E-state index is -3.91. The molecule has 0 fully saturated rings. The van der Waals surface area contributed by atoms with Gasteiger partial charge in [0.2, 0.25) is 26.6 Å². The van der Waals surface area contributed by atoms with Crippen molar-refractivity contribution < 1.29 is 17.6 Å². The number of hydrogen-bond acceptors (Lipinski definition) is 6. The van der Waals surface area contributed by atoms with Crippen molar-refractivity contribution >= 4 is 31.7 Å². The van der Waals surface area contributed by atoms with Crippen molar-refractivity contribution in [1.29, 1.82) is 0 Å². The van der Waals surface area contributed by atoms with E-state index in [1.165, 1.54) is 12.1 Å². The monoisotopic (exact) mass is 498 g/mol. The Morgan fingerprint density at radius 2 is 1.74 bits per heavy atom. The lowest BCUT2D eigenvalue weighted by Gasteiger charge is -2.06. The number of halogens is 1. The zero-order chi connectivity index (χ0) is 21.8. The Labute approximate surface area is 189 Å². The van der Waals surface area contributed by atoms with Crippen LogP contribution in [0.5, 0.6) is 5.75 Å². The van der Waals surface area contributed by atoms with Gasteiger partial charge in [-0.05, 0) is 48.0 Å². The summed E-state index contributed by atoms with van der Waals surface area (Å²) in [6.45, 7) is 0.385. The van der Waals surface area contributed by atoms with E-state index in [0.29, 0.717) is 17.9 Å². The molecule has 6 nitrogen and oxygen atoms in total. The van der Waals surface area contributed by atoms with Gasteiger partial charge in [0.25, 0.3) is 0 Å². The normalized spacial score (nSPS) is 11.3. The number of hydrogen-bond donors (Lipinski definition) is 1. The number of oxazole rings is 1. The molecule has 1 aromatic heterocycles. The molecule has 1 heterocycles. The molecule has 0 radical (unpaired) electrons. The van der Waals surface area contributed by atoms with Gasteiger partial charge < -0.3 is 14.5 Å². The largest absolute Gasteiger partial charge is 0.497 e. The molecule has 8 heteroatoms. The summed E-state index contributed by atoms with van der Waals surface area (Å²) in [5.41, 5.74) is 1.59. The molecule has 158 valence electrons. The van der Waals surface area contributed by atoms with Gasteiger partial charge in [-0.25, -0.2) is 8.42 Å². The molecule has 0 spiro atoms. The van der Waals surface area contributed by atoms with Crippen LogP contribution >= 0.6 is 15.9 Å². The molecule has 4 rings (SSSR count). The van der Waals surface area contributed by atoms with Crippen LogP contribution in [-0.4, -0.2) is 20.5 Å². The average molecular weight is 499 g/mol. The minimum Gasteiger partial charge on any atom is -0.497 e. The summed E-state index contributed by atoms with van der Waals surface area (Å²) in [4.78, 5) is 4.48. The van der Waals surface area contributed by atoms with Crippen LogP contribution in [0.3, 0.4) is 0 Å². The maximum atomic E-state index is 13.3. The van der Waals surface area contributed by atoms with Gasteiger partial charge >= 0.3 is 0 Å². The van der Waals surface area contributed by atoms with Crippen molar-refractivity contribution in [3.63, 3.8) is 0 Å². The zero-order valence-corrected chi connectivity index (χ0v) is 19.0.